The molecule has 1 fully saturated rings. The maximum atomic E-state index is 11.3. The lowest BCUT2D eigenvalue weighted by Crippen LogP contribution is -1.96. The molecule has 1 heteroatoms. The van der Waals surface area contributed by atoms with Gasteiger partial charge in [-0.1, -0.05) is 19.1 Å². The van der Waals surface area contributed by atoms with Crippen molar-refractivity contribution in [2.75, 3.05) is 0 Å². The van der Waals surface area contributed by atoms with Crippen LogP contribution in [0.4, 0.5) is 0 Å². The zero-order valence-corrected chi connectivity index (χ0v) is 6.76. The summed E-state index contributed by atoms with van der Waals surface area (Å²) >= 11 is 0. The fourth-order valence-corrected chi connectivity index (χ4v) is 1.93. The molecule has 0 aliphatic heterocycles. The smallest absolute Gasteiger partial charge is 0.163 e. The van der Waals surface area contributed by atoms with Crippen LogP contribution in [0.1, 0.15) is 26.2 Å². The number of Topliss-reactive ketones (excluding diaryl/α,β-unsaturated/α-hetero) is 1. The topological polar surface area (TPSA) is 17.1 Å². The third-order valence-corrected chi connectivity index (χ3v) is 2.51. The first-order chi connectivity index (χ1) is 5.29. The average molecular weight is 148 g/mol. The summed E-state index contributed by atoms with van der Waals surface area (Å²) in [6.07, 6.45) is 7.23. The van der Waals surface area contributed by atoms with Gasteiger partial charge >= 0.3 is 0 Å². The minimum absolute atomic E-state index is 0.350. The van der Waals surface area contributed by atoms with E-state index in [0.29, 0.717) is 11.7 Å². The summed E-state index contributed by atoms with van der Waals surface area (Å²) in [5, 5.41) is 0. The summed E-state index contributed by atoms with van der Waals surface area (Å²) in [6, 6.07) is 0. The second-order valence-electron chi connectivity index (χ2n) is 3.38. The van der Waals surface area contributed by atoms with E-state index in [9.17, 15) is 4.79 Å². The Kier molecular flexibility index (Phi) is 1.45. The van der Waals surface area contributed by atoms with Crippen LogP contribution in [-0.4, -0.2) is 5.78 Å². The highest BCUT2D eigenvalue weighted by molar-refractivity contribution is 6.03. The van der Waals surface area contributed by atoms with Crippen molar-refractivity contribution in [3.63, 3.8) is 0 Å². The van der Waals surface area contributed by atoms with E-state index in [1.807, 2.05) is 0 Å². The van der Waals surface area contributed by atoms with Crippen molar-refractivity contribution < 1.29 is 4.79 Å². The predicted molar refractivity (Wildman–Crippen MR) is 44.2 cm³/mol. The minimum atomic E-state index is 0.350. The van der Waals surface area contributed by atoms with Crippen LogP contribution in [0.15, 0.2) is 23.3 Å². The average Bonchev–Trinajstić information content (AvgIpc) is 2.30. The number of ketones is 1. The van der Waals surface area contributed by atoms with Gasteiger partial charge in [0.1, 0.15) is 0 Å². The van der Waals surface area contributed by atoms with Crippen molar-refractivity contribution in [3.05, 3.63) is 23.3 Å². The first kappa shape index (κ1) is 6.84. The molecular weight excluding hydrogens is 136 g/mol. The summed E-state index contributed by atoms with van der Waals surface area (Å²) in [5.74, 6) is 0.831. The van der Waals surface area contributed by atoms with Gasteiger partial charge in [-0.05, 0) is 24.3 Å². The number of fused-ring (bicyclic) bond motifs is 1. The van der Waals surface area contributed by atoms with Crippen LogP contribution < -0.4 is 0 Å². The van der Waals surface area contributed by atoms with Crippen LogP contribution in [0.25, 0.3) is 0 Å². The van der Waals surface area contributed by atoms with E-state index < -0.39 is 0 Å². The molecule has 1 unspecified atom stereocenters. The first-order valence-corrected chi connectivity index (χ1v) is 4.23. The van der Waals surface area contributed by atoms with Crippen molar-refractivity contribution >= 4 is 5.78 Å². The molecule has 0 aromatic heterocycles. The predicted octanol–water partition coefficient (Wildman–Crippen LogP) is 2.24. The van der Waals surface area contributed by atoms with Gasteiger partial charge in [-0.2, -0.15) is 0 Å². The van der Waals surface area contributed by atoms with Crippen molar-refractivity contribution in [3.8, 4) is 0 Å². The van der Waals surface area contributed by atoms with E-state index in [4.69, 9.17) is 0 Å². The first-order valence-electron chi connectivity index (χ1n) is 4.23. The van der Waals surface area contributed by atoms with Gasteiger partial charge in [0, 0.05) is 12.0 Å². The fraction of sp³-hybridized carbons (Fsp3) is 0.500. The lowest BCUT2D eigenvalue weighted by Gasteiger charge is -2.08. The van der Waals surface area contributed by atoms with Gasteiger partial charge in [0.05, 0.1) is 0 Å². The SMILES string of the molecule is CC1CC(=O)C2=CCCC=C21. The Labute approximate surface area is 66.8 Å². The molecule has 58 valence electrons. The molecular formula is C10H12O. The number of rotatable bonds is 0. The lowest BCUT2D eigenvalue weighted by atomic mass is 9.96. The van der Waals surface area contributed by atoms with Gasteiger partial charge in [0.2, 0.25) is 0 Å². The summed E-state index contributed by atoms with van der Waals surface area (Å²) in [5.41, 5.74) is 2.32. The maximum Gasteiger partial charge on any atom is 0.163 e. The number of hydrogen-bond donors (Lipinski definition) is 0. The molecule has 0 saturated heterocycles. The Morgan fingerprint density at radius 2 is 2.09 bits per heavy atom. The fourth-order valence-electron chi connectivity index (χ4n) is 1.93. The highest BCUT2D eigenvalue weighted by atomic mass is 16.1. The van der Waals surface area contributed by atoms with Crippen molar-refractivity contribution in [1.29, 1.82) is 0 Å². The molecule has 1 atom stereocenters. The number of allylic oxidation sites excluding steroid dienone is 4. The normalized spacial score (nSPS) is 29.5. The van der Waals surface area contributed by atoms with Crippen molar-refractivity contribution in [2.24, 2.45) is 5.92 Å². The highest BCUT2D eigenvalue weighted by Gasteiger charge is 2.29. The Balaban J connectivity index is 2.41. The minimum Gasteiger partial charge on any atom is -0.294 e. The standard InChI is InChI=1S/C10H12O/c1-7-6-10(11)9-5-3-2-4-8(7)9/h4-5,7H,2-3,6H2,1H3. The third kappa shape index (κ3) is 0.953. The lowest BCUT2D eigenvalue weighted by molar-refractivity contribution is -0.114. The number of carbonyl (C=O) groups excluding carboxylic acids is 1. The number of carbonyl (C=O) groups is 1. The Morgan fingerprint density at radius 3 is 2.82 bits per heavy atom. The molecule has 0 bridgehead atoms. The Bertz CT molecular complexity index is 258. The quantitative estimate of drug-likeness (QED) is 0.515. The molecule has 0 heterocycles. The zero-order valence-electron chi connectivity index (χ0n) is 6.76. The second-order valence-corrected chi connectivity index (χ2v) is 3.38. The molecule has 2 aliphatic carbocycles. The second kappa shape index (κ2) is 2.33. The molecule has 1 saturated carbocycles. The van der Waals surface area contributed by atoms with E-state index in [1.54, 1.807) is 0 Å². The van der Waals surface area contributed by atoms with E-state index in [2.05, 4.69) is 19.1 Å². The number of hydrogen-bond acceptors (Lipinski definition) is 1. The van der Waals surface area contributed by atoms with Crippen LogP contribution in [0.3, 0.4) is 0 Å². The van der Waals surface area contributed by atoms with Gasteiger partial charge in [-0.3, -0.25) is 4.79 Å². The monoisotopic (exact) mass is 148 g/mol. The van der Waals surface area contributed by atoms with E-state index in [-0.39, 0.29) is 0 Å². The summed E-state index contributed by atoms with van der Waals surface area (Å²) in [6.45, 7) is 2.13. The molecule has 0 spiro atoms. The van der Waals surface area contributed by atoms with E-state index >= 15 is 0 Å². The highest BCUT2D eigenvalue weighted by Crippen LogP contribution is 2.35. The van der Waals surface area contributed by atoms with Gasteiger partial charge in [-0.15, -0.1) is 0 Å². The van der Waals surface area contributed by atoms with Gasteiger partial charge in [-0.25, -0.2) is 0 Å². The zero-order chi connectivity index (χ0) is 7.84. The largest absolute Gasteiger partial charge is 0.294 e. The molecule has 0 amide bonds. The van der Waals surface area contributed by atoms with Gasteiger partial charge in [0.15, 0.2) is 5.78 Å². The molecule has 11 heavy (non-hydrogen) atoms. The van der Waals surface area contributed by atoms with E-state index in [0.717, 1.165) is 24.8 Å². The molecule has 0 N–H and O–H groups in total. The van der Waals surface area contributed by atoms with Crippen molar-refractivity contribution in [1.82, 2.24) is 0 Å². The summed E-state index contributed by atoms with van der Waals surface area (Å²) in [4.78, 5) is 11.3. The van der Waals surface area contributed by atoms with Crippen LogP contribution in [-0.2, 0) is 4.79 Å². The molecule has 1 nitrogen and oxygen atoms in total. The molecule has 0 aromatic carbocycles. The van der Waals surface area contributed by atoms with Crippen LogP contribution in [0.5, 0.6) is 0 Å². The van der Waals surface area contributed by atoms with Crippen LogP contribution >= 0.6 is 0 Å². The maximum absolute atomic E-state index is 11.3. The molecule has 0 aromatic rings. The Hall–Kier alpha value is -0.850. The molecule has 2 aliphatic rings. The van der Waals surface area contributed by atoms with Crippen molar-refractivity contribution in [2.45, 2.75) is 26.2 Å². The summed E-state index contributed by atoms with van der Waals surface area (Å²) in [7, 11) is 0. The summed E-state index contributed by atoms with van der Waals surface area (Å²) < 4.78 is 0. The van der Waals surface area contributed by atoms with Gasteiger partial charge < -0.3 is 0 Å². The Morgan fingerprint density at radius 1 is 1.36 bits per heavy atom. The van der Waals surface area contributed by atoms with Crippen LogP contribution in [0, 0.1) is 5.92 Å². The third-order valence-electron chi connectivity index (χ3n) is 2.51. The molecule has 2 rings (SSSR count). The van der Waals surface area contributed by atoms with Gasteiger partial charge in [0.25, 0.3) is 0 Å². The molecule has 0 radical (unpaired) electrons. The van der Waals surface area contributed by atoms with E-state index in [1.165, 1.54) is 5.57 Å². The van der Waals surface area contributed by atoms with Crippen LogP contribution in [0.2, 0.25) is 0 Å².